The van der Waals surface area contributed by atoms with Crippen LogP contribution in [0.5, 0.6) is 0 Å². The van der Waals surface area contributed by atoms with Crippen LogP contribution in [0.4, 0.5) is 17.1 Å². The molecule has 1 atom stereocenters. The lowest BCUT2D eigenvalue weighted by molar-refractivity contribution is -0.383. The zero-order valence-electron chi connectivity index (χ0n) is 13.8. The summed E-state index contributed by atoms with van der Waals surface area (Å²) in [6.45, 7) is 2.99. The van der Waals surface area contributed by atoms with Gasteiger partial charge in [-0.25, -0.2) is 0 Å². The number of nitro benzene ring substituents is 1. The van der Waals surface area contributed by atoms with Crippen LogP contribution in [0.3, 0.4) is 0 Å². The molecule has 2 aromatic rings. The lowest BCUT2D eigenvalue weighted by Gasteiger charge is -2.29. The normalized spacial score (nSPS) is 15.6. The van der Waals surface area contributed by atoms with Crippen molar-refractivity contribution in [1.29, 1.82) is 0 Å². The molecule has 0 saturated carbocycles. The third kappa shape index (κ3) is 4.26. The topological polar surface area (TPSA) is 87.9 Å². The Labute approximate surface area is 146 Å². The summed E-state index contributed by atoms with van der Waals surface area (Å²) in [7, 11) is 0. The summed E-state index contributed by atoms with van der Waals surface area (Å²) >= 11 is 0. The maximum absolute atomic E-state index is 11.3. The second-order valence-corrected chi connectivity index (χ2v) is 5.87. The van der Waals surface area contributed by atoms with E-state index in [1.54, 1.807) is 12.1 Å². The molecular formula is C18H21N3O4. The van der Waals surface area contributed by atoms with Crippen LogP contribution >= 0.6 is 0 Å². The lowest BCUT2D eigenvalue weighted by Crippen LogP contribution is -2.36. The number of aliphatic hydroxyl groups is 1. The van der Waals surface area contributed by atoms with E-state index in [-0.39, 0.29) is 12.2 Å². The van der Waals surface area contributed by atoms with Gasteiger partial charge in [-0.05, 0) is 17.7 Å². The van der Waals surface area contributed by atoms with Crippen molar-refractivity contribution >= 4 is 17.1 Å². The monoisotopic (exact) mass is 343 g/mol. The summed E-state index contributed by atoms with van der Waals surface area (Å²) < 4.78 is 5.34. The Balaban J connectivity index is 1.76. The first-order valence-electron chi connectivity index (χ1n) is 8.23. The first kappa shape index (κ1) is 17.2. The molecule has 1 saturated heterocycles. The van der Waals surface area contributed by atoms with Gasteiger partial charge in [0, 0.05) is 31.4 Å². The fraction of sp³-hybridized carbons (Fsp3) is 0.333. The highest BCUT2D eigenvalue weighted by molar-refractivity contribution is 5.69. The fourth-order valence-corrected chi connectivity index (χ4v) is 2.84. The van der Waals surface area contributed by atoms with Gasteiger partial charge in [-0.15, -0.1) is 0 Å². The number of benzene rings is 2. The predicted octanol–water partition coefficient (Wildman–Crippen LogP) is 2.58. The average Bonchev–Trinajstić information content (AvgIpc) is 2.67. The van der Waals surface area contributed by atoms with Gasteiger partial charge in [0.25, 0.3) is 5.69 Å². The van der Waals surface area contributed by atoms with Gasteiger partial charge in [0.2, 0.25) is 0 Å². The van der Waals surface area contributed by atoms with Gasteiger partial charge in [-0.1, -0.05) is 30.3 Å². The van der Waals surface area contributed by atoms with Crippen LogP contribution in [0.1, 0.15) is 11.7 Å². The number of hydrogen-bond donors (Lipinski definition) is 2. The maximum Gasteiger partial charge on any atom is 0.292 e. The largest absolute Gasteiger partial charge is 0.387 e. The van der Waals surface area contributed by atoms with E-state index in [1.165, 1.54) is 6.07 Å². The van der Waals surface area contributed by atoms with Gasteiger partial charge >= 0.3 is 0 Å². The van der Waals surface area contributed by atoms with Gasteiger partial charge < -0.3 is 20.1 Å². The number of anilines is 2. The number of rotatable bonds is 6. The van der Waals surface area contributed by atoms with E-state index in [9.17, 15) is 15.2 Å². The van der Waals surface area contributed by atoms with Crippen molar-refractivity contribution in [3.05, 3.63) is 64.2 Å². The molecule has 1 aliphatic rings. The minimum atomic E-state index is -0.743. The Morgan fingerprint density at radius 2 is 1.92 bits per heavy atom. The molecule has 0 aliphatic carbocycles. The van der Waals surface area contributed by atoms with Crippen molar-refractivity contribution in [3.8, 4) is 0 Å². The summed E-state index contributed by atoms with van der Waals surface area (Å²) in [5.41, 5.74) is 2.08. The summed E-state index contributed by atoms with van der Waals surface area (Å²) in [4.78, 5) is 13.0. The van der Waals surface area contributed by atoms with Crippen LogP contribution in [-0.2, 0) is 4.74 Å². The van der Waals surface area contributed by atoms with Crippen LogP contribution in [0.25, 0.3) is 0 Å². The molecule has 7 heteroatoms. The minimum absolute atomic E-state index is 0.00253. The molecule has 0 bridgehead atoms. The number of ether oxygens (including phenoxy) is 1. The minimum Gasteiger partial charge on any atom is -0.387 e. The molecule has 1 heterocycles. The van der Waals surface area contributed by atoms with Gasteiger partial charge in [0.05, 0.1) is 24.2 Å². The second kappa shape index (κ2) is 7.96. The highest BCUT2D eigenvalue weighted by Crippen LogP contribution is 2.30. The molecule has 2 aromatic carbocycles. The molecule has 132 valence electrons. The standard InChI is InChI=1S/C18H21N3O4/c22-18(14-4-2-1-3-5-14)13-19-16-12-15(6-7-17(16)21(23)24)20-8-10-25-11-9-20/h1-7,12,18-19,22H,8-11,13H2/t18-/m0/s1. The molecule has 0 radical (unpaired) electrons. The lowest BCUT2D eigenvalue weighted by atomic mass is 10.1. The number of nitrogens with zero attached hydrogens (tertiary/aromatic N) is 2. The third-order valence-corrected chi connectivity index (χ3v) is 4.22. The van der Waals surface area contributed by atoms with E-state index < -0.39 is 11.0 Å². The summed E-state index contributed by atoms with van der Waals surface area (Å²) in [6.07, 6.45) is -0.743. The molecule has 1 fully saturated rings. The molecule has 1 aliphatic heterocycles. The smallest absolute Gasteiger partial charge is 0.292 e. The molecule has 0 unspecified atom stereocenters. The summed E-state index contributed by atoms with van der Waals surface area (Å²) in [6, 6.07) is 14.2. The number of hydrogen-bond acceptors (Lipinski definition) is 6. The molecule has 2 N–H and O–H groups in total. The van der Waals surface area contributed by atoms with Crippen molar-refractivity contribution in [2.24, 2.45) is 0 Å². The zero-order valence-corrected chi connectivity index (χ0v) is 13.8. The van der Waals surface area contributed by atoms with Crippen molar-refractivity contribution in [1.82, 2.24) is 0 Å². The molecule has 25 heavy (non-hydrogen) atoms. The first-order valence-corrected chi connectivity index (χ1v) is 8.23. The van der Waals surface area contributed by atoms with Gasteiger partial charge in [-0.3, -0.25) is 10.1 Å². The first-order chi connectivity index (χ1) is 12.1. The van der Waals surface area contributed by atoms with E-state index in [0.717, 1.165) is 24.3 Å². The molecule has 7 nitrogen and oxygen atoms in total. The van der Waals surface area contributed by atoms with Crippen molar-refractivity contribution in [3.63, 3.8) is 0 Å². The van der Waals surface area contributed by atoms with Gasteiger partial charge in [0.15, 0.2) is 0 Å². The molecule has 0 aromatic heterocycles. The van der Waals surface area contributed by atoms with Crippen LogP contribution < -0.4 is 10.2 Å². The second-order valence-electron chi connectivity index (χ2n) is 5.87. The Kier molecular flexibility index (Phi) is 5.47. The molecule has 0 amide bonds. The third-order valence-electron chi connectivity index (χ3n) is 4.22. The maximum atomic E-state index is 11.3. The van der Waals surface area contributed by atoms with Crippen LogP contribution in [0.2, 0.25) is 0 Å². The van der Waals surface area contributed by atoms with Crippen LogP contribution in [-0.4, -0.2) is 42.9 Å². The highest BCUT2D eigenvalue weighted by Gasteiger charge is 2.19. The van der Waals surface area contributed by atoms with E-state index in [4.69, 9.17) is 4.74 Å². The SMILES string of the molecule is O=[N+]([O-])c1ccc(N2CCOCC2)cc1NC[C@H](O)c1ccccc1. The van der Waals surface area contributed by atoms with E-state index in [0.29, 0.717) is 18.9 Å². The number of nitrogens with one attached hydrogen (secondary N) is 1. The highest BCUT2D eigenvalue weighted by atomic mass is 16.6. The number of nitro groups is 1. The van der Waals surface area contributed by atoms with Gasteiger partial charge in [0.1, 0.15) is 5.69 Å². The predicted molar refractivity (Wildman–Crippen MR) is 96.0 cm³/mol. The Morgan fingerprint density at radius 3 is 2.60 bits per heavy atom. The van der Waals surface area contributed by atoms with E-state index in [2.05, 4.69) is 10.2 Å². The van der Waals surface area contributed by atoms with Crippen LogP contribution in [0.15, 0.2) is 48.5 Å². The zero-order chi connectivity index (χ0) is 17.6. The average molecular weight is 343 g/mol. The fourth-order valence-electron chi connectivity index (χ4n) is 2.84. The quantitative estimate of drug-likeness (QED) is 0.619. The van der Waals surface area contributed by atoms with E-state index in [1.807, 2.05) is 30.3 Å². The van der Waals surface area contributed by atoms with Crippen molar-refractivity contribution in [2.45, 2.75) is 6.10 Å². The molecule has 3 rings (SSSR count). The summed E-state index contributed by atoms with van der Waals surface area (Å²) in [5.74, 6) is 0. The van der Waals surface area contributed by atoms with E-state index >= 15 is 0 Å². The van der Waals surface area contributed by atoms with Crippen molar-refractivity contribution in [2.75, 3.05) is 43.1 Å². The Morgan fingerprint density at radius 1 is 1.20 bits per heavy atom. The number of aliphatic hydroxyl groups excluding tert-OH is 1. The number of morpholine rings is 1. The Bertz CT molecular complexity index is 718. The van der Waals surface area contributed by atoms with Gasteiger partial charge in [-0.2, -0.15) is 0 Å². The molecule has 0 spiro atoms. The Hall–Kier alpha value is -2.64. The van der Waals surface area contributed by atoms with Crippen LogP contribution in [0, 0.1) is 10.1 Å². The molecular weight excluding hydrogens is 322 g/mol. The van der Waals surface area contributed by atoms with Crippen molar-refractivity contribution < 1.29 is 14.8 Å². The summed E-state index contributed by atoms with van der Waals surface area (Å²) in [5, 5.41) is 24.6.